The summed E-state index contributed by atoms with van der Waals surface area (Å²) in [5.41, 5.74) is 0.411. The molecule has 0 aliphatic carbocycles. The van der Waals surface area contributed by atoms with Gasteiger partial charge in [-0.05, 0) is 75.1 Å². The Morgan fingerprint density at radius 1 is 0.867 bits per heavy atom. The van der Waals surface area contributed by atoms with Crippen LogP contribution in [-0.4, -0.2) is 29.1 Å². The van der Waals surface area contributed by atoms with Crippen molar-refractivity contribution < 1.29 is 32.2 Å². The number of carbonyl (C=O) groups is 2. The van der Waals surface area contributed by atoms with Crippen LogP contribution in [0, 0.1) is 6.92 Å². The fraction of sp³-hybridized carbons (Fsp3) is 0.391. The first-order valence-corrected chi connectivity index (χ1v) is 9.47. The molecule has 0 bridgehead atoms. The van der Waals surface area contributed by atoms with Gasteiger partial charge in [-0.25, -0.2) is 0 Å². The third kappa shape index (κ3) is 4.26. The molecule has 3 rings (SSSR count). The molecule has 1 fully saturated rings. The Morgan fingerprint density at radius 3 is 1.87 bits per heavy atom. The van der Waals surface area contributed by atoms with Crippen molar-refractivity contribution in [3.05, 3.63) is 53.6 Å². The van der Waals surface area contributed by atoms with Gasteiger partial charge in [0, 0.05) is 0 Å². The second-order valence-corrected chi connectivity index (χ2v) is 8.43. The van der Waals surface area contributed by atoms with Crippen molar-refractivity contribution in [1.29, 1.82) is 0 Å². The van der Waals surface area contributed by atoms with Gasteiger partial charge in [0.05, 0.1) is 0 Å². The molecule has 160 valence electrons. The molecule has 0 N–H and O–H groups in total. The van der Waals surface area contributed by atoms with Gasteiger partial charge in [0.25, 0.3) is 0 Å². The standard InChI is InChI=1S/C23H23F3O4/c1-13-6-7-15(14-8-10-16(11-9-14)29-23(24,25)26)12-17(13)18-19(27)21(2,3)30-22(4,5)20(18)28/h6-12,18H,1-5H3. The highest BCUT2D eigenvalue weighted by atomic mass is 19.4. The van der Waals surface area contributed by atoms with Crippen LogP contribution in [0.4, 0.5) is 13.2 Å². The summed E-state index contributed by atoms with van der Waals surface area (Å²) in [6, 6.07) is 10.8. The predicted octanol–water partition coefficient (Wildman–Crippen LogP) is 5.37. The average Bonchev–Trinajstić information content (AvgIpc) is 2.61. The molecule has 0 atom stereocenters. The highest BCUT2D eigenvalue weighted by Gasteiger charge is 2.53. The van der Waals surface area contributed by atoms with Crippen molar-refractivity contribution in [3.63, 3.8) is 0 Å². The third-order valence-electron chi connectivity index (χ3n) is 5.23. The van der Waals surface area contributed by atoms with Gasteiger partial charge in [0.15, 0.2) is 11.6 Å². The quantitative estimate of drug-likeness (QED) is 0.627. The molecule has 0 radical (unpaired) electrons. The molecule has 1 saturated heterocycles. The Kier molecular flexibility index (Phi) is 5.31. The minimum atomic E-state index is -4.76. The average molecular weight is 420 g/mol. The first-order valence-electron chi connectivity index (χ1n) is 9.47. The number of ketones is 2. The molecule has 1 aliphatic heterocycles. The van der Waals surface area contributed by atoms with Crippen LogP contribution in [0.15, 0.2) is 42.5 Å². The van der Waals surface area contributed by atoms with Gasteiger partial charge >= 0.3 is 6.36 Å². The SMILES string of the molecule is Cc1ccc(-c2ccc(OC(F)(F)F)cc2)cc1C1C(=O)C(C)(C)OC(C)(C)C1=O. The molecule has 0 aromatic heterocycles. The van der Waals surface area contributed by atoms with E-state index in [1.807, 2.05) is 6.92 Å². The number of rotatable bonds is 3. The lowest BCUT2D eigenvalue weighted by Gasteiger charge is -2.43. The van der Waals surface area contributed by atoms with Crippen LogP contribution in [-0.2, 0) is 14.3 Å². The van der Waals surface area contributed by atoms with E-state index in [0.29, 0.717) is 16.7 Å². The molecule has 2 aromatic carbocycles. The molecule has 0 saturated carbocycles. The van der Waals surface area contributed by atoms with E-state index >= 15 is 0 Å². The summed E-state index contributed by atoms with van der Waals surface area (Å²) in [5.74, 6) is -1.93. The van der Waals surface area contributed by atoms with E-state index in [1.165, 1.54) is 24.3 Å². The van der Waals surface area contributed by atoms with Crippen molar-refractivity contribution in [2.75, 3.05) is 0 Å². The monoisotopic (exact) mass is 420 g/mol. The molecule has 1 heterocycles. The Labute approximate surface area is 173 Å². The van der Waals surface area contributed by atoms with E-state index in [1.54, 1.807) is 45.9 Å². The van der Waals surface area contributed by atoms with Gasteiger partial charge in [0.2, 0.25) is 0 Å². The molecule has 7 heteroatoms. The summed E-state index contributed by atoms with van der Waals surface area (Å²) >= 11 is 0. The smallest absolute Gasteiger partial charge is 0.406 e. The zero-order valence-corrected chi connectivity index (χ0v) is 17.4. The Balaban J connectivity index is 2.01. The molecule has 0 amide bonds. The van der Waals surface area contributed by atoms with Crippen molar-refractivity contribution in [2.45, 2.75) is 58.1 Å². The second-order valence-electron chi connectivity index (χ2n) is 8.43. The molecular weight excluding hydrogens is 397 g/mol. The van der Waals surface area contributed by atoms with E-state index < -0.39 is 23.5 Å². The van der Waals surface area contributed by atoms with Crippen molar-refractivity contribution >= 4 is 11.6 Å². The van der Waals surface area contributed by atoms with Crippen LogP contribution in [0.3, 0.4) is 0 Å². The van der Waals surface area contributed by atoms with Gasteiger partial charge in [-0.1, -0.05) is 24.3 Å². The topological polar surface area (TPSA) is 52.6 Å². The number of hydrogen-bond acceptors (Lipinski definition) is 4. The van der Waals surface area contributed by atoms with Gasteiger partial charge < -0.3 is 9.47 Å². The van der Waals surface area contributed by atoms with E-state index in [9.17, 15) is 22.8 Å². The summed E-state index contributed by atoms with van der Waals surface area (Å²) in [6.45, 7) is 8.41. The van der Waals surface area contributed by atoms with Gasteiger partial charge in [-0.2, -0.15) is 0 Å². The van der Waals surface area contributed by atoms with Crippen LogP contribution in [0.2, 0.25) is 0 Å². The van der Waals surface area contributed by atoms with E-state index in [-0.39, 0.29) is 17.3 Å². The Bertz CT molecular complexity index is 962. The summed E-state index contributed by atoms with van der Waals surface area (Å²) in [6.07, 6.45) is -4.76. The van der Waals surface area contributed by atoms with Crippen LogP contribution in [0.25, 0.3) is 11.1 Å². The van der Waals surface area contributed by atoms with E-state index in [4.69, 9.17) is 4.74 Å². The number of Topliss-reactive ketones (excluding diaryl/α,β-unsaturated/α-hetero) is 2. The number of carbonyl (C=O) groups excluding carboxylic acids is 2. The Morgan fingerprint density at radius 2 is 1.37 bits per heavy atom. The summed E-state index contributed by atoms with van der Waals surface area (Å²) < 4.78 is 46.8. The fourth-order valence-corrected chi connectivity index (χ4v) is 3.82. The molecular formula is C23H23F3O4. The van der Waals surface area contributed by atoms with Gasteiger partial charge in [-0.3, -0.25) is 9.59 Å². The largest absolute Gasteiger partial charge is 0.573 e. The minimum absolute atomic E-state index is 0.319. The number of ether oxygens (including phenoxy) is 2. The van der Waals surface area contributed by atoms with E-state index in [0.717, 1.165) is 5.56 Å². The second kappa shape index (κ2) is 7.23. The lowest BCUT2D eigenvalue weighted by molar-refractivity contribution is -0.274. The van der Waals surface area contributed by atoms with Crippen LogP contribution in [0.5, 0.6) is 5.75 Å². The molecule has 0 spiro atoms. The van der Waals surface area contributed by atoms with E-state index in [2.05, 4.69) is 4.74 Å². The van der Waals surface area contributed by atoms with Crippen LogP contribution >= 0.6 is 0 Å². The maximum Gasteiger partial charge on any atom is 0.573 e. The Hall–Kier alpha value is -2.67. The zero-order chi connectivity index (χ0) is 22.5. The van der Waals surface area contributed by atoms with Crippen LogP contribution in [0.1, 0.15) is 44.7 Å². The van der Waals surface area contributed by atoms with Gasteiger partial charge in [-0.15, -0.1) is 13.2 Å². The molecule has 30 heavy (non-hydrogen) atoms. The number of halogens is 3. The number of aryl methyl sites for hydroxylation is 1. The fourth-order valence-electron chi connectivity index (χ4n) is 3.82. The predicted molar refractivity (Wildman–Crippen MR) is 105 cm³/mol. The lowest BCUT2D eigenvalue weighted by atomic mass is 9.73. The summed E-state index contributed by atoms with van der Waals surface area (Å²) in [4.78, 5) is 26.1. The maximum absolute atomic E-state index is 13.1. The van der Waals surface area contributed by atoms with Gasteiger partial charge in [0.1, 0.15) is 22.9 Å². The zero-order valence-electron chi connectivity index (χ0n) is 17.4. The highest BCUT2D eigenvalue weighted by molar-refractivity contribution is 6.15. The van der Waals surface area contributed by atoms with Crippen molar-refractivity contribution in [3.8, 4) is 16.9 Å². The third-order valence-corrected chi connectivity index (χ3v) is 5.23. The first kappa shape index (κ1) is 22.0. The minimum Gasteiger partial charge on any atom is -0.406 e. The number of alkyl halides is 3. The maximum atomic E-state index is 13.1. The summed E-state index contributed by atoms with van der Waals surface area (Å²) in [7, 11) is 0. The highest BCUT2D eigenvalue weighted by Crippen LogP contribution is 2.40. The van der Waals surface area contributed by atoms with Crippen LogP contribution < -0.4 is 4.74 Å². The first-order chi connectivity index (χ1) is 13.7. The summed E-state index contributed by atoms with van der Waals surface area (Å²) in [5, 5.41) is 0. The normalized spacial score (nSPS) is 19.1. The molecule has 1 aliphatic rings. The number of hydrogen-bond donors (Lipinski definition) is 0. The van der Waals surface area contributed by atoms with Crippen molar-refractivity contribution in [1.82, 2.24) is 0 Å². The molecule has 2 aromatic rings. The molecule has 4 nitrogen and oxygen atoms in total. The molecule has 0 unspecified atom stereocenters. The van der Waals surface area contributed by atoms with Crippen molar-refractivity contribution in [2.24, 2.45) is 0 Å². The number of benzene rings is 2. The lowest BCUT2D eigenvalue weighted by Crippen LogP contribution is -2.58.